The first kappa shape index (κ1) is 19.7. The highest BCUT2D eigenvalue weighted by Crippen LogP contribution is 2.32. The van der Waals surface area contributed by atoms with E-state index in [1.54, 1.807) is 6.92 Å². The molecule has 0 amide bonds. The van der Waals surface area contributed by atoms with Crippen LogP contribution >= 0.6 is 0 Å². The maximum Gasteiger partial charge on any atom is 0.150 e. The number of para-hydroxylation sites is 1. The van der Waals surface area contributed by atoms with Crippen LogP contribution in [-0.2, 0) is 9.84 Å². The Morgan fingerprint density at radius 3 is 2.11 bits per heavy atom. The van der Waals surface area contributed by atoms with Crippen LogP contribution in [0.1, 0.15) is 32.6 Å². The Morgan fingerprint density at radius 1 is 0.852 bits per heavy atom. The molecule has 27 heavy (non-hydrogen) atoms. The van der Waals surface area contributed by atoms with Crippen molar-refractivity contribution in [2.24, 2.45) is 11.8 Å². The number of sulfone groups is 1. The van der Waals surface area contributed by atoms with Gasteiger partial charge < -0.3 is 9.47 Å². The van der Waals surface area contributed by atoms with Crippen molar-refractivity contribution >= 4 is 9.84 Å². The summed E-state index contributed by atoms with van der Waals surface area (Å²) in [5, 5.41) is 0. The van der Waals surface area contributed by atoms with Gasteiger partial charge in [0.25, 0.3) is 0 Å². The molecule has 0 heterocycles. The minimum absolute atomic E-state index is 0.212. The van der Waals surface area contributed by atoms with Crippen molar-refractivity contribution in [1.29, 1.82) is 0 Å². The van der Waals surface area contributed by atoms with Crippen LogP contribution in [0, 0.1) is 11.8 Å². The fourth-order valence-corrected chi connectivity index (χ4v) is 4.93. The molecule has 2 aromatic rings. The number of rotatable bonds is 8. The lowest BCUT2D eigenvalue weighted by molar-refractivity contribution is 0.161. The summed E-state index contributed by atoms with van der Waals surface area (Å²) in [6, 6.07) is 17.2. The van der Waals surface area contributed by atoms with Crippen molar-refractivity contribution in [3.05, 3.63) is 54.6 Å². The molecule has 1 saturated carbocycles. The van der Waals surface area contributed by atoms with E-state index in [1.807, 2.05) is 54.6 Å². The predicted octanol–water partition coefficient (Wildman–Crippen LogP) is 5.10. The molecule has 146 valence electrons. The van der Waals surface area contributed by atoms with Gasteiger partial charge in [-0.05, 0) is 61.1 Å². The molecular weight excluding hydrogens is 360 g/mol. The summed E-state index contributed by atoms with van der Waals surface area (Å²) in [6.45, 7) is 2.30. The van der Waals surface area contributed by atoms with Crippen LogP contribution in [-0.4, -0.2) is 26.5 Å². The van der Waals surface area contributed by atoms with E-state index in [2.05, 4.69) is 0 Å². The van der Waals surface area contributed by atoms with Gasteiger partial charge in [-0.1, -0.05) is 38.0 Å². The van der Waals surface area contributed by atoms with Gasteiger partial charge in [-0.25, -0.2) is 8.42 Å². The summed E-state index contributed by atoms with van der Waals surface area (Å²) in [4.78, 5) is 0. The zero-order valence-electron chi connectivity index (χ0n) is 15.8. The molecule has 5 heteroatoms. The Morgan fingerprint density at radius 2 is 1.44 bits per heavy atom. The molecule has 0 radical (unpaired) electrons. The zero-order chi connectivity index (χ0) is 19.1. The quantitative estimate of drug-likeness (QED) is 0.631. The van der Waals surface area contributed by atoms with Crippen LogP contribution in [0.5, 0.6) is 17.2 Å². The maximum absolute atomic E-state index is 12.0. The molecule has 0 bridgehead atoms. The number of ether oxygens (including phenoxy) is 2. The Balaban J connectivity index is 1.55. The molecule has 4 nitrogen and oxygen atoms in total. The minimum Gasteiger partial charge on any atom is -0.493 e. The minimum atomic E-state index is -2.94. The topological polar surface area (TPSA) is 52.6 Å². The van der Waals surface area contributed by atoms with E-state index >= 15 is 0 Å². The summed E-state index contributed by atoms with van der Waals surface area (Å²) in [7, 11) is -2.94. The fourth-order valence-electron chi connectivity index (χ4n) is 3.60. The van der Waals surface area contributed by atoms with Gasteiger partial charge in [0.15, 0.2) is 0 Å². The molecule has 2 atom stereocenters. The summed E-state index contributed by atoms with van der Waals surface area (Å²) in [5.74, 6) is 3.38. The summed E-state index contributed by atoms with van der Waals surface area (Å²) in [5.41, 5.74) is 0. The van der Waals surface area contributed by atoms with Gasteiger partial charge in [0.1, 0.15) is 27.1 Å². The largest absolute Gasteiger partial charge is 0.493 e. The lowest BCUT2D eigenvalue weighted by Crippen LogP contribution is -2.31. The normalized spacial score (nSPS) is 20.2. The molecule has 2 unspecified atom stereocenters. The molecule has 0 aromatic heterocycles. The van der Waals surface area contributed by atoms with Crippen LogP contribution in [0.15, 0.2) is 54.6 Å². The van der Waals surface area contributed by atoms with Gasteiger partial charge in [0, 0.05) is 5.75 Å². The van der Waals surface area contributed by atoms with Crippen LogP contribution < -0.4 is 9.47 Å². The van der Waals surface area contributed by atoms with Gasteiger partial charge in [0.05, 0.1) is 12.4 Å². The third-order valence-electron chi connectivity index (χ3n) is 5.24. The maximum atomic E-state index is 12.0. The average molecular weight is 389 g/mol. The Bertz CT molecular complexity index is 800. The first-order chi connectivity index (χ1) is 13.1. The van der Waals surface area contributed by atoms with Gasteiger partial charge in [-0.15, -0.1) is 0 Å². The molecule has 0 spiro atoms. The van der Waals surface area contributed by atoms with Crippen LogP contribution in [0.2, 0.25) is 0 Å². The lowest BCUT2D eigenvalue weighted by Gasteiger charge is -2.31. The van der Waals surface area contributed by atoms with Crippen molar-refractivity contribution in [2.45, 2.75) is 32.6 Å². The molecule has 0 N–H and O–H groups in total. The highest BCUT2D eigenvalue weighted by Gasteiger charge is 2.29. The molecule has 1 fully saturated rings. The van der Waals surface area contributed by atoms with E-state index in [0.717, 1.165) is 42.9 Å². The highest BCUT2D eigenvalue weighted by atomic mass is 32.2. The van der Waals surface area contributed by atoms with Crippen LogP contribution in [0.25, 0.3) is 0 Å². The van der Waals surface area contributed by atoms with E-state index in [-0.39, 0.29) is 11.7 Å². The summed E-state index contributed by atoms with van der Waals surface area (Å²) < 4.78 is 35.8. The second kappa shape index (κ2) is 9.27. The first-order valence-corrected chi connectivity index (χ1v) is 11.5. The summed E-state index contributed by atoms with van der Waals surface area (Å²) in [6.07, 6.45) is 4.29. The predicted molar refractivity (Wildman–Crippen MR) is 108 cm³/mol. The molecule has 2 aromatic carbocycles. The van der Waals surface area contributed by atoms with Crippen LogP contribution in [0.3, 0.4) is 0 Å². The third-order valence-corrected chi connectivity index (χ3v) is 7.06. The molecule has 3 rings (SSSR count). The second-order valence-corrected chi connectivity index (χ2v) is 9.60. The van der Waals surface area contributed by atoms with Gasteiger partial charge in [-0.2, -0.15) is 0 Å². The molecule has 0 aliphatic heterocycles. The van der Waals surface area contributed by atoms with E-state index in [4.69, 9.17) is 9.47 Å². The lowest BCUT2D eigenvalue weighted by atomic mass is 9.81. The monoisotopic (exact) mass is 388 g/mol. The molecular formula is C22H28O4S. The van der Waals surface area contributed by atoms with Crippen molar-refractivity contribution in [3.63, 3.8) is 0 Å². The first-order valence-electron chi connectivity index (χ1n) is 9.72. The molecule has 1 aliphatic carbocycles. The van der Waals surface area contributed by atoms with Gasteiger partial charge in [-0.3, -0.25) is 0 Å². The smallest absolute Gasteiger partial charge is 0.150 e. The van der Waals surface area contributed by atoms with E-state index < -0.39 is 9.84 Å². The van der Waals surface area contributed by atoms with E-state index in [0.29, 0.717) is 18.3 Å². The van der Waals surface area contributed by atoms with Gasteiger partial charge in [0.2, 0.25) is 0 Å². The van der Waals surface area contributed by atoms with Crippen molar-refractivity contribution in [3.8, 4) is 17.2 Å². The van der Waals surface area contributed by atoms with Crippen LogP contribution in [0.4, 0.5) is 0 Å². The summed E-state index contributed by atoms with van der Waals surface area (Å²) >= 11 is 0. The average Bonchev–Trinajstić information content (AvgIpc) is 2.69. The van der Waals surface area contributed by atoms with Gasteiger partial charge >= 0.3 is 0 Å². The van der Waals surface area contributed by atoms with Crippen molar-refractivity contribution in [2.75, 3.05) is 18.1 Å². The number of hydrogen-bond acceptors (Lipinski definition) is 4. The fraction of sp³-hybridized carbons (Fsp3) is 0.455. The standard InChI is InChI=1S/C22H28O4S/c1-2-27(23,24)17-19-9-7-6-8-18(19)16-25-20-12-14-22(15-13-20)26-21-10-4-3-5-11-21/h3-5,10-15,18-19H,2,6-9,16-17H2,1H3. The Labute approximate surface area is 162 Å². The highest BCUT2D eigenvalue weighted by molar-refractivity contribution is 7.91. The molecule has 0 saturated heterocycles. The van der Waals surface area contributed by atoms with E-state index in [1.165, 1.54) is 0 Å². The Kier molecular flexibility index (Phi) is 6.78. The zero-order valence-corrected chi connectivity index (χ0v) is 16.7. The van der Waals surface area contributed by atoms with E-state index in [9.17, 15) is 8.42 Å². The Hall–Kier alpha value is -2.01. The van der Waals surface area contributed by atoms with Crippen molar-refractivity contribution < 1.29 is 17.9 Å². The number of benzene rings is 2. The number of hydrogen-bond donors (Lipinski definition) is 0. The van der Waals surface area contributed by atoms with Crippen molar-refractivity contribution in [1.82, 2.24) is 0 Å². The third kappa shape index (κ3) is 5.99. The SMILES string of the molecule is CCS(=O)(=O)CC1CCCCC1COc1ccc(Oc2ccccc2)cc1. The molecule has 1 aliphatic rings. The second-order valence-electron chi connectivity index (χ2n) is 7.20.